The number of benzene rings is 3. The Labute approximate surface area is 265 Å². The monoisotopic (exact) mass is 676 g/mol. The molecule has 228 valence electrons. The van der Waals surface area contributed by atoms with E-state index in [2.05, 4.69) is 146 Å². The van der Waals surface area contributed by atoms with Gasteiger partial charge in [0.05, 0.1) is 0 Å². The van der Waals surface area contributed by atoms with E-state index < -0.39 is 25.7 Å². The molecule has 0 bridgehead atoms. The van der Waals surface area contributed by atoms with Gasteiger partial charge in [0.15, 0.2) is 0 Å². The topological polar surface area (TPSA) is 40.1 Å². The van der Waals surface area contributed by atoms with Gasteiger partial charge in [0, 0.05) is 5.97 Å². The van der Waals surface area contributed by atoms with Crippen LogP contribution in [0.1, 0.15) is 98.8 Å². The third-order valence-electron chi connectivity index (χ3n) is 8.33. The summed E-state index contributed by atoms with van der Waals surface area (Å²) in [5.74, 6) is -0.403. The molecule has 0 unspecified atom stereocenters. The summed E-state index contributed by atoms with van der Waals surface area (Å²) in [6, 6.07) is 33.5. The zero-order chi connectivity index (χ0) is 31.6. The van der Waals surface area contributed by atoms with Crippen molar-refractivity contribution < 1.29 is 9.90 Å². The Morgan fingerprint density at radius 1 is 0.595 bits per heavy atom. The molecule has 3 aromatic rings. The SMILES string of the molecule is CC(C)([CH2][Sn+]([CH2]C(C)(C)c1ccccc1)[CH2]C(C)(C)c1ccccc1)c1ccccc1.CC(C)CC(C)(C)CC(=O)[O-]. The minimum absolute atomic E-state index is 0.118. The Hall–Kier alpha value is -2.07. The number of aliphatic carboxylic acids is 1. The van der Waals surface area contributed by atoms with Gasteiger partial charge in [-0.2, -0.15) is 0 Å². The number of hydrogen-bond donors (Lipinski definition) is 0. The fourth-order valence-corrected chi connectivity index (χ4v) is 20.1. The average molecular weight is 676 g/mol. The summed E-state index contributed by atoms with van der Waals surface area (Å²) in [6.07, 6.45) is 1.09. The van der Waals surface area contributed by atoms with Gasteiger partial charge in [-0.05, 0) is 24.2 Å². The summed E-state index contributed by atoms with van der Waals surface area (Å²) >= 11 is -1.84. The van der Waals surface area contributed by atoms with Crippen LogP contribution in [-0.2, 0) is 21.0 Å². The largest absolute Gasteiger partial charge is 0.550 e. The molecule has 0 heterocycles. The van der Waals surface area contributed by atoms with E-state index in [-0.39, 0.29) is 28.1 Å². The van der Waals surface area contributed by atoms with Crippen LogP contribution in [0.25, 0.3) is 0 Å². The van der Waals surface area contributed by atoms with Crippen molar-refractivity contribution in [2.24, 2.45) is 11.3 Å². The standard InChI is InChI=1S/3C10H13.C9H18O2.Sn/c3*1-10(2,3)9-7-5-4-6-8-9;1-7(2)5-9(3,4)6-8(10)11;/h3*4-8H,1H2,2-3H3;7H,5-6H2,1-4H3,(H,10,11);/q;;;;+1/p-1. The molecule has 0 atom stereocenters. The number of hydrogen-bond acceptors (Lipinski definition) is 2. The summed E-state index contributed by atoms with van der Waals surface area (Å²) in [5, 5.41) is 10.3. The Kier molecular flexibility index (Phi) is 13.4. The molecule has 3 rings (SSSR count). The molecule has 0 saturated heterocycles. The van der Waals surface area contributed by atoms with Gasteiger partial charge in [-0.3, -0.25) is 0 Å². The second-order valence-corrected chi connectivity index (χ2v) is 22.6. The Bertz CT molecular complexity index is 1070. The van der Waals surface area contributed by atoms with Crippen molar-refractivity contribution in [1.29, 1.82) is 0 Å². The number of carbonyl (C=O) groups is 1. The average Bonchev–Trinajstić information content (AvgIpc) is 2.88. The summed E-state index contributed by atoms with van der Waals surface area (Å²) in [5.41, 5.74) is 5.04. The van der Waals surface area contributed by atoms with Crippen LogP contribution in [0.3, 0.4) is 0 Å². The van der Waals surface area contributed by atoms with E-state index in [0.717, 1.165) is 6.42 Å². The first-order chi connectivity index (χ1) is 19.4. The molecule has 0 radical (unpaired) electrons. The number of rotatable bonds is 13. The van der Waals surface area contributed by atoms with Gasteiger partial charge in [-0.15, -0.1) is 0 Å². The second-order valence-electron chi connectivity index (χ2n) is 15.3. The van der Waals surface area contributed by atoms with Crippen LogP contribution in [0.2, 0.25) is 13.3 Å². The second kappa shape index (κ2) is 15.6. The molecule has 2 nitrogen and oxygen atoms in total. The van der Waals surface area contributed by atoms with Gasteiger partial charge < -0.3 is 9.90 Å². The van der Waals surface area contributed by atoms with Gasteiger partial charge in [0.25, 0.3) is 0 Å². The summed E-state index contributed by atoms with van der Waals surface area (Å²) in [7, 11) is 0. The molecule has 0 fully saturated rings. The van der Waals surface area contributed by atoms with Crippen molar-refractivity contribution in [3.63, 3.8) is 0 Å². The van der Waals surface area contributed by atoms with Gasteiger partial charge >= 0.3 is 199 Å². The van der Waals surface area contributed by atoms with Crippen molar-refractivity contribution in [1.82, 2.24) is 0 Å². The van der Waals surface area contributed by atoms with Crippen LogP contribution >= 0.6 is 0 Å². The number of carbonyl (C=O) groups excluding carboxylic acids is 1. The zero-order valence-corrected chi connectivity index (χ0v) is 30.9. The van der Waals surface area contributed by atoms with E-state index in [0.29, 0.717) is 5.92 Å². The van der Waals surface area contributed by atoms with E-state index in [1.807, 2.05) is 13.8 Å². The Morgan fingerprint density at radius 2 is 0.881 bits per heavy atom. The summed E-state index contributed by atoms with van der Waals surface area (Å²) in [6.45, 7) is 22.9. The Balaban J connectivity index is 0.000000476. The molecular formula is C39H56O2Sn. The van der Waals surface area contributed by atoms with Crippen LogP contribution in [0.4, 0.5) is 0 Å². The number of carboxylic acid groups (broad SMARTS) is 1. The number of carboxylic acids is 1. The third-order valence-corrected chi connectivity index (χ3v) is 20.2. The molecule has 3 aromatic carbocycles. The predicted molar refractivity (Wildman–Crippen MR) is 181 cm³/mol. The first-order valence-electron chi connectivity index (χ1n) is 15.6. The van der Waals surface area contributed by atoms with Crippen molar-refractivity contribution in [3.05, 3.63) is 108 Å². The van der Waals surface area contributed by atoms with Gasteiger partial charge in [0.1, 0.15) is 0 Å². The minimum Gasteiger partial charge on any atom is -0.550 e. The smallest absolute Gasteiger partial charge is 0.0419 e. The fourth-order valence-electron chi connectivity index (χ4n) is 6.60. The van der Waals surface area contributed by atoms with Crippen LogP contribution in [0.15, 0.2) is 91.0 Å². The van der Waals surface area contributed by atoms with Crippen LogP contribution < -0.4 is 5.11 Å². The van der Waals surface area contributed by atoms with Crippen LogP contribution in [-0.4, -0.2) is 25.7 Å². The van der Waals surface area contributed by atoms with Crippen molar-refractivity contribution >= 4 is 25.7 Å². The molecule has 0 aliphatic carbocycles. The van der Waals surface area contributed by atoms with Crippen molar-refractivity contribution in [3.8, 4) is 0 Å². The van der Waals surface area contributed by atoms with E-state index in [9.17, 15) is 9.90 Å². The fraction of sp³-hybridized carbons (Fsp3) is 0.513. The quantitative estimate of drug-likeness (QED) is 0.169. The van der Waals surface area contributed by atoms with Crippen molar-refractivity contribution in [2.45, 2.75) is 112 Å². The molecule has 0 aliphatic heterocycles. The molecule has 0 amide bonds. The van der Waals surface area contributed by atoms with Crippen molar-refractivity contribution in [2.75, 3.05) is 0 Å². The molecule has 0 saturated carbocycles. The summed E-state index contributed by atoms with van der Waals surface area (Å²) in [4.78, 5) is 10.3. The van der Waals surface area contributed by atoms with E-state index in [1.165, 1.54) is 30.0 Å². The minimum atomic E-state index is -1.84. The molecule has 0 aromatic heterocycles. The first kappa shape index (κ1) is 36.1. The van der Waals surface area contributed by atoms with Crippen LogP contribution in [0.5, 0.6) is 0 Å². The Morgan fingerprint density at radius 3 is 1.12 bits per heavy atom. The summed E-state index contributed by atoms with van der Waals surface area (Å²) < 4.78 is 4.14. The molecule has 0 N–H and O–H groups in total. The van der Waals surface area contributed by atoms with Crippen LogP contribution in [0, 0.1) is 11.3 Å². The first-order valence-corrected chi connectivity index (χ1v) is 21.7. The maximum absolute atomic E-state index is 10.3. The molecule has 42 heavy (non-hydrogen) atoms. The van der Waals surface area contributed by atoms with Gasteiger partial charge in [-0.25, -0.2) is 0 Å². The van der Waals surface area contributed by atoms with E-state index in [4.69, 9.17) is 0 Å². The molecular weight excluding hydrogens is 619 g/mol. The zero-order valence-electron chi connectivity index (χ0n) is 28.1. The van der Waals surface area contributed by atoms with E-state index >= 15 is 0 Å². The maximum Gasteiger partial charge on any atom is 0.0419 e. The third kappa shape index (κ3) is 12.3. The van der Waals surface area contributed by atoms with Gasteiger partial charge in [0.2, 0.25) is 0 Å². The van der Waals surface area contributed by atoms with Gasteiger partial charge in [-0.1, -0.05) is 27.7 Å². The predicted octanol–water partition coefficient (Wildman–Crippen LogP) is 9.61. The normalized spacial score (nSPS) is 12.5. The van der Waals surface area contributed by atoms with E-state index in [1.54, 1.807) is 0 Å². The molecule has 0 aliphatic rings. The maximum atomic E-state index is 10.3. The molecule has 3 heteroatoms. The molecule has 0 spiro atoms.